The molecule has 0 spiro atoms. The number of aromatic carboxylic acids is 1. The first-order chi connectivity index (χ1) is 15.6. The Balaban J connectivity index is 0.000000264. The topological polar surface area (TPSA) is 118 Å². The second-order valence-corrected chi connectivity index (χ2v) is 10.1. The van der Waals surface area contributed by atoms with E-state index in [0.29, 0.717) is 16.2 Å². The van der Waals surface area contributed by atoms with Gasteiger partial charge in [-0.15, -0.1) is 0 Å². The molecule has 2 unspecified atom stereocenters. The van der Waals surface area contributed by atoms with Gasteiger partial charge in [0, 0.05) is 5.92 Å². The minimum absolute atomic E-state index is 0.0324. The zero-order valence-electron chi connectivity index (χ0n) is 19.2. The predicted molar refractivity (Wildman–Crippen MR) is 135 cm³/mol. The number of rotatable bonds is 6. The molecule has 0 aliphatic carbocycles. The molecule has 0 radical (unpaired) electrons. The quantitative estimate of drug-likeness (QED) is 0.350. The van der Waals surface area contributed by atoms with Crippen LogP contribution in [0.1, 0.15) is 37.6 Å². The second kappa shape index (κ2) is 14.5. The predicted octanol–water partition coefficient (Wildman–Crippen LogP) is 3.36. The van der Waals surface area contributed by atoms with Gasteiger partial charge in [0.15, 0.2) is 0 Å². The van der Waals surface area contributed by atoms with E-state index in [0.717, 1.165) is 6.42 Å². The number of carboxylic acid groups (broad SMARTS) is 1. The van der Waals surface area contributed by atoms with E-state index in [-0.39, 0.29) is 5.92 Å². The summed E-state index contributed by atoms with van der Waals surface area (Å²) in [5.41, 5.74) is 0.331. The van der Waals surface area contributed by atoms with Crippen molar-refractivity contribution in [2.45, 2.75) is 39.4 Å². The molecule has 2 atom stereocenters. The first kappa shape index (κ1) is 28.4. The van der Waals surface area contributed by atoms with Crippen molar-refractivity contribution in [1.29, 1.82) is 0 Å². The molecule has 3 aromatic carbocycles. The van der Waals surface area contributed by atoms with E-state index in [9.17, 15) is 14.6 Å². The van der Waals surface area contributed by atoms with Crippen molar-refractivity contribution in [3.05, 3.63) is 96.6 Å². The average Bonchev–Trinajstić information content (AvgIpc) is 2.81. The van der Waals surface area contributed by atoms with Crippen molar-refractivity contribution in [1.82, 2.24) is 0 Å². The van der Waals surface area contributed by atoms with Crippen LogP contribution in [0.3, 0.4) is 0 Å². The van der Waals surface area contributed by atoms with Crippen LogP contribution in [-0.2, 0) is 0 Å². The third-order valence-corrected chi connectivity index (χ3v) is 7.36. The molecule has 0 bridgehead atoms. The van der Waals surface area contributed by atoms with E-state index in [4.69, 9.17) is 15.3 Å². The molecule has 0 saturated heterocycles. The summed E-state index contributed by atoms with van der Waals surface area (Å²) in [6, 6.07) is 26.3. The maximum atomic E-state index is 10.2. The first-order valence-corrected chi connectivity index (χ1v) is 12.7. The molecular weight excluding hydrogens is 439 g/mol. The summed E-state index contributed by atoms with van der Waals surface area (Å²) in [7, 11) is -3.46. The van der Waals surface area contributed by atoms with Crippen LogP contribution >= 0.6 is 7.72 Å². The van der Waals surface area contributed by atoms with Crippen molar-refractivity contribution in [3.63, 3.8) is 0 Å². The molecule has 0 aliphatic rings. The van der Waals surface area contributed by atoms with E-state index in [1.807, 2.05) is 43.3 Å². The van der Waals surface area contributed by atoms with Crippen LogP contribution in [-0.4, -0.2) is 43.3 Å². The van der Waals surface area contributed by atoms with Crippen molar-refractivity contribution in [2.75, 3.05) is 0 Å². The van der Waals surface area contributed by atoms with Gasteiger partial charge < -0.3 is 15.3 Å². The van der Waals surface area contributed by atoms with Crippen LogP contribution < -0.4 is 10.6 Å². The minimum atomic E-state index is -3.46. The molecule has 3 rings (SSSR count). The van der Waals surface area contributed by atoms with Gasteiger partial charge in [0.2, 0.25) is 0 Å². The molecule has 0 aromatic heterocycles. The maximum absolute atomic E-state index is 10.2. The summed E-state index contributed by atoms with van der Waals surface area (Å²) < 4.78 is 0. The molecule has 0 saturated carbocycles. The normalized spacial score (nSPS) is 13.8. The van der Waals surface area contributed by atoms with Crippen molar-refractivity contribution in [2.24, 2.45) is 5.92 Å². The molecule has 0 amide bonds. The van der Waals surface area contributed by atoms with Crippen LogP contribution in [0.25, 0.3) is 0 Å². The summed E-state index contributed by atoms with van der Waals surface area (Å²) in [6.45, 7) is 5.38. The summed E-state index contributed by atoms with van der Waals surface area (Å²) in [5.74, 6) is -0.847. The monoisotopic (exact) mass is 474 g/mol. The Bertz CT molecular complexity index is 866. The standard InChI is InChI=1S/C12H13O2P.C7H6O2.C7H16O2/c13-15(14,11-7-3-1-4-8-11)12-9-5-2-6-10-12;8-7(9)6-4-2-1-3-5-6;1-4-7(5(2)8)6(3)9/h1-10,13-15H;1-5H,(H,8,9);5-9H,4H2,1-3H3. The SMILES string of the molecule is CCC(C(C)O)C(C)O.O=C(O)c1ccccc1.O[PH](O)(c1ccccc1)c1ccccc1. The van der Waals surface area contributed by atoms with Gasteiger partial charge in [-0.1, -0.05) is 25.1 Å². The van der Waals surface area contributed by atoms with E-state index in [1.165, 1.54) is 0 Å². The Kier molecular flexibility index (Phi) is 12.5. The summed E-state index contributed by atoms with van der Waals surface area (Å²) in [5, 5.41) is 27.6. The Labute approximate surface area is 196 Å². The second-order valence-electron chi connectivity index (χ2n) is 7.63. The fourth-order valence-corrected chi connectivity index (χ4v) is 4.82. The van der Waals surface area contributed by atoms with Gasteiger partial charge in [0.25, 0.3) is 0 Å². The molecule has 180 valence electrons. The van der Waals surface area contributed by atoms with Crippen LogP contribution in [0.4, 0.5) is 0 Å². The van der Waals surface area contributed by atoms with Gasteiger partial charge in [-0.05, 0) is 32.4 Å². The molecule has 6 nitrogen and oxygen atoms in total. The molecule has 7 heteroatoms. The number of aliphatic hydroxyl groups is 2. The number of benzene rings is 3. The van der Waals surface area contributed by atoms with Gasteiger partial charge in [-0.25, -0.2) is 4.79 Å². The van der Waals surface area contributed by atoms with Crippen molar-refractivity contribution >= 4 is 24.3 Å². The molecule has 0 aliphatic heterocycles. The Morgan fingerprint density at radius 2 is 1.06 bits per heavy atom. The molecule has 0 heterocycles. The van der Waals surface area contributed by atoms with E-state index in [2.05, 4.69) is 0 Å². The summed E-state index contributed by atoms with van der Waals surface area (Å²) in [6.07, 6.45) is 0.0417. The van der Waals surface area contributed by atoms with Crippen LogP contribution in [0.5, 0.6) is 0 Å². The fourth-order valence-electron chi connectivity index (χ4n) is 3.17. The van der Waals surface area contributed by atoms with Gasteiger partial charge in [-0.2, -0.15) is 0 Å². The van der Waals surface area contributed by atoms with Gasteiger partial charge in [0.1, 0.15) is 0 Å². The van der Waals surface area contributed by atoms with Crippen molar-refractivity contribution in [3.8, 4) is 0 Å². The summed E-state index contributed by atoms with van der Waals surface area (Å²) >= 11 is 0. The fraction of sp³-hybridized carbons (Fsp3) is 0.269. The molecular formula is C26H35O6P. The van der Waals surface area contributed by atoms with Gasteiger partial charge in [-0.3, -0.25) is 0 Å². The number of hydrogen-bond acceptors (Lipinski definition) is 5. The first-order valence-electron chi connectivity index (χ1n) is 10.8. The number of aliphatic hydroxyl groups excluding tert-OH is 2. The molecule has 5 N–H and O–H groups in total. The van der Waals surface area contributed by atoms with E-state index in [1.54, 1.807) is 68.4 Å². The Hall–Kier alpha value is -2.60. The third-order valence-electron chi connectivity index (χ3n) is 5.08. The zero-order valence-corrected chi connectivity index (χ0v) is 20.2. The summed E-state index contributed by atoms with van der Waals surface area (Å²) in [4.78, 5) is 30.5. The molecule has 0 fully saturated rings. The van der Waals surface area contributed by atoms with Crippen LogP contribution in [0, 0.1) is 5.92 Å². The average molecular weight is 475 g/mol. The van der Waals surface area contributed by atoms with Gasteiger partial charge >= 0.3 is 94.7 Å². The van der Waals surface area contributed by atoms with Crippen LogP contribution in [0.15, 0.2) is 91.0 Å². The Morgan fingerprint density at radius 1 is 0.727 bits per heavy atom. The number of hydrogen-bond donors (Lipinski definition) is 5. The molecule has 3 aromatic rings. The molecule has 33 heavy (non-hydrogen) atoms. The van der Waals surface area contributed by atoms with Crippen LogP contribution in [0.2, 0.25) is 0 Å². The Morgan fingerprint density at radius 3 is 1.27 bits per heavy atom. The van der Waals surface area contributed by atoms with Gasteiger partial charge in [0.05, 0.1) is 17.8 Å². The number of carboxylic acids is 1. The zero-order chi connectivity index (χ0) is 24.9. The third kappa shape index (κ3) is 9.82. The van der Waals surface area contributed by atoms with E-state index >= 15 is 0 Å². The number of carbonyl (C=O) groups is 1. The van der Waals surface area contributed by atoms with E-state index < -0.39 is 25.9 Å². The van der Waals surface area contributed by atoms with Crippen molar-refractivity contribution < 1.29 is 29.9 Å².